The summed E-state index contributed by atoms with van der Waals surface area (Å²) in [6.07, 6.45) is 1.09. The van der Waals surface area contributed by atoms with Crippen LogP contribution in [0, 0.1) is 0 Å². The van der Waals surface area contributed by atoms with Gasteiger partial charge in [-0.25, -0.2) is 13.6 Å². The average Bonchev–Trinajstić information content (AvgIpc) is 2.57. The summed E-state index contributed by atoms with van der Waals surface area (Å²) in [5.74, 6) is -0.0413. The first-order chi connectivity index (χ1) is 12.1. The van der Waals surface area contributed by atoms with Crippen molar-refractivity contribution in [2.75, 3.05) is 0 Å². The van der Waals surface area contributed by atoms with E-state index in [1.807, 2.05) is 0 Å². The predicted molar refractivity (Wildman–Crippen MR) is 103 cm³/mol. The van der Waals surface area contributed by atoms with Crippen molar-refractivity contribution < 1.29 is 13.2 Å². The van der Waals surface area contributed by atoms with E-state index in [1.165, 1.54) is 17.7 Å². The Bertz CT molecular complexity index is 849. The third kappa shape index (κ3) is 5.97. The highest BCUT2D eigenvalue weighted by molar-refractivity contribution is 7.89. The van der Waals surface area contributed by atoms with Gasteiger partial charge in [0, 0.05) is 13.0 Å². The van der Waals surface area contributed by atoms with E-state index in [4.69, 9.17) is 5.14 Å². The zero-order chi connectivity index (χ0) is 19.4. The lowest BCUT2D eigenvalue weighted by molar-refractivity contribution is -0.121. The van der Waals surface area contributed by atoms with E-state index >= 15 is 0 Å². The molecule has 6 heteroatoms. The molecule has 1 amide bonds. The molecule has 0 spiro atoms. The number of amides is 1. The SMILES string of the molecule is CC(C)(C)c1ccc(CCC(=O)NCc2ccc(S(N)(=O)=O)cc2)cc1. The number of nitrogens with one attached hydrogen (secondary N) is 1. The van der Waals surface area contributed by atoms with Gasteiger partial charge in [0.05, 0.1) is 4.90 Å². The predicted octanol–water partition coefficient (Wildman–Crippen LogP) is 2.88. The lowest BCUT2D eigenvalue weighted by Gasteiger charge is -2.19. The Morgan fingerprint density at radius 1 is 0.962 bits per heavy atom. The van der Waals surface area contributed by atoms with Crippen LogP contribution < -0.4 is 10.5 Å². The zero-order valence-electron chi connectivity index (χ0n) is 15.5. The summed E-state index contributed by atoms with van der Waals surface area (Å²) in [7, 11) is -3.69. The molecule has 0 fully saturated rings. The topological polar surface area (TPSA) is 89.3 Å². The lowest BCUT2D eigenvalue weighted by Crippen LogP contribution is -2.23. The number of nitrogens with two attached hydrogens (primary N) is 1. The maximum Gasteiger partial charge on any atom is 0.238 e. The molecular formula is C20H26N2O3S. The number of hydrogen-bond donors (Lipinski definition) is 2. The number of carbonyl (C=O) groups excluding carboxylic acids is 1. The smallest absolute Gasteiger partial charge is 0.238 e. The van der Waals surface area contributed by atoms with Gasteiger partial charge in [0.15, 0.2) is 0 Å². The lowest BCUT2D eigenvalue weighted by atomic mass is 9.86. The summed E-state index contributed by atoms with van der Waals surface area (Å²) in [4.78, 5) is 12.1. The van der Waals surface area contributed by atoms with Crippen molar-refractivity contribution >= 4 is 15.9 Å². The van der Waals surface area contributed by atoms with Gasteiger partial charge in [-0.3, -0.25) is 4.79 Å². The average molecular weight is 375 g/mol. The third-order valence-corrected chi connectivity index (χ3v) is 5.13. The van der Waals surface area contributed by atoms with Gasteiger partial charge in [-0.2, -0.15) is 0 Å². The van der Waals surface area contributed by atoms with E-state index in [0.717, 1.165) is 11.1 Å². The Labute approximate surface area is 155 Å². The molecule has 2 aromatic carbocycles. The molecule has 0 aliphatic carbocycles. The van der Waals surface area contributed by atoms with E-state index in [0.29, 0.717) is 19.4 Å². The normalized spacial score (nSPS) is 12.0. The molecule has 0 aliphatic heterocycles. The van der Waals surface area contributed by atoms with E-state index in [2.05, 4.69) is 50.4 Å². The first-order valence-electron chi connectivity index (χ1n) is 8.53. The van der Waals surface area contributed by atoms with Crippen LogP contribution in [-0.2, 0) is 33.2 Å². The van der Waals surface area contributed by atoms with E-state index < -0.39 is 10.0 Å². The molecule has 0 radical (unpaired) electrons. The fourth-order valence-electron chi connectivity index (χ4n) is 2.52. The van der Waals surface area contributed by atoms with Gasteiger partial charge in [0.25, 0.3) is 0 Å². The summed E-state index contributed by atoms with van der Waals surface area (Å²) in [5, 5.41) is 7.90. The van der Waals surface area contributed by atoms with Crippen molar-refractivity contribution in [2.24, 2.45) is 5.14 Å². The quantitative estimate of drug-likeness (QED) is 0.815. The van der Waals surface area contributed by atoms with E-state index in [-0.39, 0.29) is 16.2 Å². The van der Waals surface area contributed by atoms with Gasteiger partial charge in [-0.1, -0.05) is 57.2 Å². The number of hydrogen-bond acceptors (Lipinski definition) is 3. The fourth-order valence-corrected chi connectivity index (χ4v) is 3.03. The molecule has 0 unspecified atom stereocenters. The Morgan fingerprint density at radius 3 is 2.00 bits per heavy atom. The van der Waals surface area contributed by atoms with Gasteiger partial charge in [-0.15, -0.1) is 0 Å². The van der Waals surface area contributed by atoms with Gasteiger partial charge in [-0.05, 0) is 40.7 Å². The molecule has 5 nitrogen and oxygen atoms in total. The zero-order valence-corrected chi connectivity index (χ0v) is 16.3. The number of carbonyl (C=O) groups is 1. The first kappa shape index (κ1) is 20.1. The number of primary sulfonamides is 1. The molecule has 0 aromatic heterocycles. The standard InChI is InChI=1S/C20H26N2O3S/c1-20(2,3)17-9-4-15(5-10-17)8-13-19(23)22-14-16-6-11-18(12-7-16)26(21,24)25/h4-7,9-12H,8,13-14H2,1-3H3,(H,22,23)(H2,21,24,25). The molecule has 2 aromatic rings. The molecule has 0 heterocycles. The maximum atomic E-state index is 12.0. The summed E-state index contributed by atoms with van der Waals surface area (Å²) < 4.78 is 22.4. The van der Waals surface area contributed by atoms with Crippen LogP contribution in [-0.4, -0.2) is 14.3 Å². The highest BCUT2D eigenvalue weighted by Gasteiger charge is 2.13. The van der Waals surface area contributed by atoms with Crippen molar-refractivity contribution in [1.29, 1.82) is 0 Å². The summed E-state index contributed by atoms with van der Waals surface area (Å²) >= 11 is 0. The fraction of sp³-hybridized carbons (Fsp3) is 0.350. The minimum absolute atomic E-state index is 0.0413. The highest BCUT2D eigenvalue weighted by atomic mass is 32.2. The van der Waals surface area contributed by atoms with Crippen LogP contribution in [0.4, 0.5) is 0 Å². The van der Waals surface area contributed by atoms with Crippen LogP contribution >= 0.6 is 0 Å². The van der Waals surface area contributed by atoms with E-state index in [9.17, 15) is 13.2 Å². The number of rotatable bonds is 6. The maximum absolute atomic E-state index is 12.0. The van der Waals surface area contributed by atoms with Crippen molar-refractivity contribution in [2.45, 2.75) is 50.5 Å². The molecule has 0 saturated carbocycles. The highest BCUT2D eigenvalue weighted by Crippen LogP contribution is 2.22. The Balaban J connectivity index is 1.82. The van der Waals surface area contributed by atoms with Gasteiger partial charge >= 0.3 is 0 Å². The number of aryl methyl sites for hydroxylation is 1. The van der Waals surface area contributed by atoms with Crippen LogP contribution in [0.15, 0.2) is 53.4 Å². The number of sulfonamides is 1. The Hall–Kier alpha value is -2.18. The molecule has 140 valence electrons. The third-order valence-electron chi connectivity index (χ3n) is 4.20. The molecule has 0 aliphatic rings. The molecule has 26 heavy (non-hydrogen) atoms. The Kier molecular flexibility index (Phi) is 6.21. The largest absolute Gasteiger partial charge is 0.352 e. The van der Waals surface area contributed by atoms with Crippen molar-refractivity contribution in [1.82, 2.24) is 5.32 Å². The molecule has 3 N–H and O–H groups in total. The van der Waals surface area contributed by atoms with Crippen LogP contribution in [0.25, 0.3) is 0 Å². The molecule has 2 rings (SSSR count). The monoisotopic (exact) mass is 374 g/mol. The Morgan fingerprint density at radius 2 is 1.50 bits per heavy atom. The van der Waals surface area contributed by atoms with Gasteiger partial charge in [0.2, 0.25) is 15.9 Å². The second-order valence-electron chi connectivity index (χ2n) is 7.41. The van der Waals surface area contributed by atoms with Crippen LogP contribution in [0.3, 0.4) is 0 Å². The second-order valence-corrected chi connectivity index (χ2v) is 8.97. The van der Waals surface area contributed by atoms with Crippen molar-refractivity contribution in [3.05, 3.63) is 65.2 Å². The summed E-state index contributed by atoms with van der Waals surface area (Å²) in [5.41, 5.74) is 3.34. The first-order valence-corrected chi connectivity index (χ1v) is 10.1. The molecule has 0 atom stereocenters. The van der Waals surface area contributed by atoms with Crippen LogP contribution in [0.2, 0.25) is 0 Å². The van der Waals surface area contributed by atoms with Crippen LogP contribution in [0.1, 0.15) is 43.9 Å². The number of benzene rings is 2. The van der Waals surface area contributed by atoms with E-state index in [1.54, 1.807) is 12.1 Å². The van der Waals surface area contributed by atoms with Crippen molar-refractivity contribution in [3.63, 3.8) is 0 Å². The summed E-state index contributed by atoms with van der Waals surface area (Å²) in [6, 6.07) is 14.5. The van der Waals surface area contributed by atoms with Crippen molar-refractivity contribution in [3.8, 4) is 0 Å². The molecule has 0 bridgehead atoms. The minimum Gasteiger partial charge on any atom is -0.352 e. The summed E-state index contributed by atoms with van der Waals surface area (Å²) in [6.45, 7) is 6.87. The molecular weight excluding hydrogens is 348 g/mol. The molecule has 0 saturated heterocycles. The van der Waals surface area contributed by atoms with Gasteiger partial charge in [0.1, 0.15) is 0 Å². The van der Waals surface area contributed by atoms with Crippen LogP contribution in [0.5, 0.6) is 0 Å². The second kappa shape index (κ2) is 8.01. The van der Waals surface area contributed by atoms with Gasteiger partial charge < -0.3 is 5.32 Å². The minimum atomic E-state index is -3.69.